The number of rotatable bonds is 9. The van der Waals surface area contributed by atoms with Gasteiger partial charge in [-0.3, -0.25) is 14.4 Å². The Bertz CT molecular complexity index is 1100. The van der Waals surface area contributed by atoms with Crippen LogP contribution in [0.25, 0.3) is 0 Å². The second kappa shape index (κ2) is 12.1. The van der Waals surface area contributed by atoms with Gasteiger partial charge in [-0.1, -0.05) is 30.3 Å². The minimum Gasteiger partial charge on any atom is -0.465 e. The minimum absolute atomic E-state index is 0.130. The van der Waals surface area contributed by atoms with Gasteiger partial charge in [0.2, 0.25) is 0 Å². The Morgan fingerprint density at radius 3 is 2.57 bits per heavy atom. The maximum atomic E-state index is 14.3. The number of carboxylic acid groups (broad SMARTS) is 1. The highest BCUT2D eigenvalue weighted by Crippen LogP contribution is 2.24. The van der Waals surface area contributed by atoms with Gasteiger partial charge in [-0.25, -0.2) is 9.18 Å². The highest BCUT2D eigenvalue weighted by atomic mass is 19.1. The summed E-state index contributed by atoms with van der Waals surface area (Å²) < 4.78 is 15.6. The number of hydrogen-bond donors (Lipinski definition) is 3. The number of pyridine rings is 1. The number of aromatic nitrogens is 1. The molecule has 2 heterocycles. The Balaban J connectivity index is 1.71. The summed E-state index contributed by atoms with van der Waals surface area (Å²) in [7, 11) is 0. The summed E-state index contributed by atoms with van der Waals surface area (Å²) in [6, 6.07) is 9.75. The summed E-state index contributed by atoms with van der Waals surface area (Å²) >= 11 is 0. The molecule has 1 aliphatic heterocycles. The predicted molar refractivity (Wildman–Crippen MR) is 128 cm³/mol. The fraction of sp³-hybridized carbons (Fsp3) is 0.440. The fourth-order valence-electron chi connectivity index (χ4n) is 4.28. The van der Waals surface area contributed by atoms with E-state index in [0.717, 1.165) is 10.5 Å². The Morgan fingerprint density at radius 2 is 1.89 bits per heavy atom. The molecule has 0 radical (unpaired) electrons. The number of hydrogen-bond acceptors (Lipinski definition) is 4. The molecule has 1 aromatic carbocycles. The number of carbonyl (C=O) groups excluding carboxylic acids is 2. The zero-order valence-corrected chi connectivity index (χ0v) is 19.7. The smallest absolute Gasteiger partial charge is 0.407 e. The second-order valence-corrected chi connectivity index (χ2v) is 8.52. The molecule has 2 unspecified atom stereocenters. The van der Waals surface area contributed by atoms with Gasteiger partial charge in [0.25, 0.3) is 17.4 Å². The number of nitrogens with one attached hydrogen (secondary N) is 2. The Morgan fingerprint density at radius 1 is 1.14 bits per heavy atom. The fourth-order valence-corrected chi connectivity index (χ4v) is 4.28. The number of alkyl halides is 1. The first kappa shape index (κ1) is 25.9. The van der Waals surface area contributed by atoms with Gasteiger partial charge in [0, 0.05) is 25.8 Å². The topological polar surface area (TPSA) is 121 Å². The number of benzene rings is 1. The van der Waals surface area contributed by atoms with Crippen LogP contribution in [0, 0.1) is 0 Å². The molecule has 3 amide bonds. The first-order valence-electron chi connectivity index (χ1n) is 11.8. The second-order valence-electron chi connectivity index (χ2n) is 8.52. The van der Waals surface area contributed by atoms with Crippen LogP contribution >= 0.6 is 0 Å². The van der Waals surface area contributed by atoms with E-state index in [-0.39, 0.29) is 30.6 Å². The van der Waals surface area contributed by atoms with E-state index in [1.165, 1.54) is 16.8 Å². The van der Waals surface area contributed by atoms with E-state index < -0.39 is 35.7 Å². The summed E-state index contributed by atoms with van der Waals surface area (Å²) in [5.41, 5.74) is 0.353. The zero-order chi connectivity index (χ0) is 25.4. The molecular weight excluding hydrogens is 455 g/mol. The number of carbonyl (C=O) groups is 3. The number of nitrogens with zero attached hydrogens (tertiary/aromatic N) is 2. The van der Waals surface area contributed by atoms with E-state index in [9.17, 15) is 28.7 Å². The maximum Gasteiger partial charge on any atom is 0.407 e. The van der Waals surface area contributed by atoms with Crippen molar-refractivity contribution in [3.8, 4) is 0 Å². The van der Waals surface area contributed by atoms with Crippen LogP contribution in [0.4, 0.5) is 9.18 Å². The van der Waals surface area contributed by atoms with Gasteiger partial charge in [0.05, 0.1) is 18.2 Å². The van der Waals surface area contributed by atoms with Gasteiger partial charge < -0.3 is 25.2 Å². The van der Waals surface area contributed by atoms with E-state index in [1.54, 1.807) is 6.92 Å². The third-order valence-electron chi connectivity index (χ3n) is 6.03. The van der Waals surface area contributed by atoms with Crippen LogP contribution in [0.1, 0.15) is 58.9 Å². The SMILES string of the molecule is CCNC(=O)c1cc(C(=O)NCCCC2C(F)CCCN2C(=O)O)cn(Cc2ccccc2)c1=O. The standard InChI is InChI=1S/C25H31FN4O5/c1-2-27-23(32)19-14-18(16-29(24(19)33)15-17-8-4-3-5-9-17)22(31)28-12-6-11-21-20(26)10-7-13-30(21)25(34)35/h3-5,8-9,14,16,20-21H,2,6-7,10-13,15H2,1H3,(H,27,32)(H,28,31)(H,34,35). The van der Waals surface area contributed by atoms with Gasteiger partial charge in [0.1, 0.15) is 11.7 Å². The van der Waals surface area contributed by atoms with Crippen molar-refractivity contribution in [3.63, 3.8) is 0 Å². The third kappa shape index (κ3) is 6.68. The summed E-state index contributed by atoms with van der Waals surface area (Å²) in [4.78, 5) is 50.7. The largest absolute Gasteiger partial charge is 0.465 e. The molecule has 1 aromatic heterocycles. The summed E-state index contributed by atoms with van der Waals surface area (Å²) in [6.45, 7) is 2.76. The molecule has 0 saturated carbocycles. The molecule has 10 heteroatoms. The summed E-state index contributed by atoms with van der Waals surface area (Å²) in [5.74, 6) is -1.04. The van der Waals surface area contributed by atoms with Crippen LogP contribution in [-0.4, -0.2) is 64.3 Å². The average Bonchev–Trinajstić information content (AvgIpc) is 2.84. The highest BCUT2D eigenvalue weighted by molar-refractivity contribution is 5.99. The molecular formula is C25H31FN4O5. The molecule has 2 aromatic rings. The van der Waals surface area contributed by atoms with Crippen molar-refractivity contribution in [1.29, 1.82) is 0 Å². The predicted octanol–water partition coefficient (Wildman–Crippen LogP) is 2.64. The van der Waals surface area contributed by atoms with Crippen LogP contribution < -0.4 is 16.2 Å². The number of halogens is 1. The number of piperidine rings is 1. The minimum atomic E-state index is -1.23. The van der Waals surface area contributed by atoms with Crippen molar-refractivity contribution in [1.82, 2.24) is 20.1 Å². The van der Waals surface area contributed by atoms with Crippen LogP contribution in [0.5, 0.6) is 0 Å². The van der Waals surface area contributed by atoms with Crippen LogP contribution in [0.3, 0.4) is 0 Å². The number of amides is 3. The lowest BCUT2D eigenvalue weighted by Gasteiger charge is -2.36. The molecule has 3 rings (SSSR count). The van der Waals surface area contributed by atoms with E-state index in [0.29, 0.717) is 32.4 Å². The molecule has 35 heavy (non-hydrogen) atoms. The maximum absolute atomic E-state index is 14.3. The lowest BCUT2D eigenvalue weighted by Crippen LogP contribution is -2.49. The third-order valence-corrected chi connectivity index (χ3v) is 6.03. The molecule has 9 nitrogen and oxygen atoms in total. The molecule has 0 bridgehead atoms. The first-order chi connectivity index (χ1) is 16.8. The highest BCUT2D eigenvalue weighted by Gasteiger charge is 2.33. The van der Waals surface area contributed by atoms with E-state index in [1.807, 2.05) is 30.3 Å². The van der Waals surface area contributed by atoms with Gasteiger partial charge in [-0.15, -0.1) is 0 Å². The Kier molecular flexibility index (Phi) is 8.99. The van der Waals surface area contributed by atoms with Gasteiger partial charge in [0.15, 0.2) is 0 Å². The van der Waals surface area contributed by atoms with Crippen molar-refractivity contribution in [3.05, 3.63) is 69.6 Å². The van der Waals surface area contributed by atoms with Gasteiger partial charge >= 0.3 is 6.09 Å². The van der Waals surface area contributed by atoms with E-state index in [4.69, 9.17) is 0 Å². The molecule has 1 aliphatic rings. The Hall–Kier alpha value is -3.69. The molecule has 0 aliphatic carbocycles. The lowest BCUT2D eigenvalue weighted by atomic mass is 9.96. The van der Waals surface area contributed by atoms with Crippen LogP contribution in [0.2, 0.25) is 0 Å². The van der Waals surface area contributed by atoms with Crippen molar-refractivity contribution in [2.75, 3.05) is 19.6 Å². The molecule has 188 valence electrons. The van der Waals surface area contributed by atoms with Gasteiger partial charge in [-0.2, -0.15) is 0 Å². The van der Waals surface area contributed by atoms with Crippen LogP contribution in [-0.2, 0) is 6.54 Å². The van der Waals surface area contributed by atoms with E-state index >= 15 is 0 Å². The molecule has 0 spiro atoms. The molecule has 1 saturated heterocycles. The van der Waals surface area contributed by atoms with Crippen LogP contribution in [0.15, 0.2) is 47.4 Å². The zero-order valence-electron chi connectivity index (χ0n) is 19.7. The van der Waals surface area contributed by atoms with Gasteiger partial charge in [-0.05, 0) is 44.2 Å². The summed E-state index contributed by atoms with van der Waals surface area (Å²) in [5, 5.41) is 14.6. The van der Waals surface area contributed by atoms with Crippen molar-refractivity contribution < 1.29 is 23.9 Å². The number of likely N-dealkylation sites (tertiary alicyclic amines) is 1. The first-order valence-corrected chi connectivity index (χ1v) is 11.8. The average molecular weight is 487 g/mol. The van der Waals surface area contributed by atoms with Crippen molar-refractivity contribution >= 4 is 17.9 Å². The molecule has 1 fully saturated rings. The monoisotopic (exact) mass is 486 g/mol. The quantitative estimate of drug-likeness (QED) is 0.471. The molecule has 2 atom stereocenters. The molecule has 3 N–H and O–H groups in total. The Labute approximate surface area is 202 Å². The lowest BCUT2D eigenvalue weighted by molar-refractivity contribution is 0.0555. The van der Waals surface area contributed by atoms with E-state index in [2.05, 4.69) is 10.6 Å². The summed E-state index contributed by atoms with van der Waals surface area (Å²) in [6.07, 6.45) is 0.535. The van der Waals surface area contributed by atoms with Crippen molar-refractivity contribution in [2.45, 2.75) is 51.4 Å². The normalized spacial score (nSPS) is 17.6. The van der Waals surface area contributed by atoms with Crippen molar-refractivity contribution in [2.24, 2.45) is 0 Å².